The molecule has 1 N–H and O–H groups in total. The van der Waals surface area contributed by atoms with Gasteiger partial charge in [-0.2, -0.15) is 4.80 Å². The molecule has 5 nitrogen and oxygen atoms in total. The van der Waals surface area contributed by atoms with Crippen LogP contribution in [-0.4, -0.2) is 26.2 Å². The monoisotopic (exact) mass is 195 g/mol. The fourth-order valence-corrected chi connectivity index (χ4v) is 2.07. The van der Waals surface area contributed by atoms with E-state index in [1.165, 1.54) is 24.1 Å². The number of hydrogen-bond acceptors (Lipinski definition) is 4. The normalized spacial score (nSPS) is 27.0. The van der Waals surface area contributed by atoms with Gasteiger partial charge in [0.1, 0.15) is 0 Å². The zero-order chi connectivity index (χ0) is 9.97. The maximum atomic E-state index is 4.13. The quantitative estimate of drug-likeness (QED) is 0.762. The Hall–Kier alpha value is -0.970. The molecule has 0 saturated heterocycles. The Labute approximate surface area is 83.9 Å². The lowest BCUT2D eigenvalue weighted by molar-refractivity contribution is 0.420. The molecule has 0 spiro atoms. The van der Waals surface area contributed by atoms with Crippen molar-refractivity contribution < 1.29 is 0 Å². The van der Waals surface area contributed by atoms with Gasteiger partial charge in [-0.05, 0) is 24.0 Å². The molecule has 2 rings (SSSR count). The molecule has 0 aliphatic heterocycles. The maximum absolute atomic E-state index is 4.13. The summed E-state index contributed by atoms with van der Waals surface area (Å²) in [5.41, 5.74) is 0. The maximum Gasteiger partial charge on any atom is 0.188 e. The highest BCUT2D eigenvalue weighted by molar-refractivity contribution is 4.83. The molecule has 1 aliphatic rings. The van der Waals surface area contributed by atoms with Gasteiger partial charge in [-0.1, -0.05) is 13.3 Å². The first-order chi connectivity index (χ1) is 6.75. The lowest BCUT2D eigenvalue weighted by Gasteiger charge is -2.15. The number of tetrazole rings is 1. The molecule has 2 unspecified atom stereocenters. The Morgan fingerprint density at radius 3 is 2.93 bits per heavy atom. The summed E-state index contributed by atoms with van der Waals surface area (Å²) in [5, 5.41) is 15.3. The van der Waals surface area contributed by atoms with Gasteiger partial charge < -0.3 is 5.32 Å². The molecule has 0 aromatic carbocycles. The molecule has 0 bridgehead atoms. The molecule has 78 valence electrons. The van der Waals surface area contributed by atoms with Crippen molar-refractivity contribution in [3.8, 4) is 0 Å². The summed E-state index contributed by atoms with van der Waals surface area (Å²) in [7, 11) is 1.79. The van der Waals surface area contributed by atoms with E-state index in [0.29, 0.717) is 6.04 Å². The van der Waals surface area contributed by atoms with Crippen molar-refractivity contribution in [3.63, 3.8) is 0 Å². The van der Waals surface area contributed by atoms with Crippen molar-refractivity contribution in [2.45, 2.75) is 38.8 Å². The van der Waals surface area contributed by atoms with E-state index < -0.39 is 0 Å². The van der Waals surface area contributed by atoms with Crippen LogP contribution >= 0.6 is 0 Å². The highest BCUT2D eigenvalue weighted by Gasteiger charge is 2.22. The van der Waals surface area contributed by atoms with Crippen molar-refractivity contribution >= 4 is 0 Å². The first kappa shape index (κ1) is 9.58. The Kier molecular flexibility index (Phi) is 2.77. The van der Waals surface area contributed by atoms with Gasteiger partial charge in [0.05, 0.1) is 13.6 Å². The Morgan fingerprint density at radius 2 is 2.36 bits per heavy atom. The molecule has 14 heavy (non-hydrogen) atoms. The summed E-state index contributed by atoms with van der Waals surface area (Å²) in [4.78, 5) is 1.50. The molecule has 1 aliphatic carbocycles. The third-order valence-corrected chi connectivity index (χ3v) is 2.93. The van der Waals surface area contributed by atoms with Crippen molar-refractivity contribution in [1.82, 2.24) is 25.5 Å². The van der Waals surface area contributed by atoms with E-state index in [2.05, 4.69) is 27.7 Å². The summed E-state index contributed by atoms with van der Waals surface area (Å²) in [5.74, 6) is 1.57. The molecule has 1 heterocycles. The molecule has 5 heteroatoms. The van der Waals surface area contributed by atoms with Crippen LogP contribution in [0.5, 0.6) is 0 Å². The number of aryl methyl sites for hydroxylation is 1. The van der Waals surface area contributed by atoms with Gasteiger partial charge in [0.15, 0.2) is 5.82 Å². The van der Waals surface area contributed by atoms with Crippen molar-refractivity contribution in [1.29, 1.82) is 0 Å². The molecule has 1 fully saturated rings. The second-order valence-electron chi connectivity index (χ2n) is 4.09. The summed E-state index contributed by atoms with van der Waals surface area (Å²) >= 11 is 0. The van der Waals surface area contributed by atoms with Crippen molar-refractivity contribution in [3.05, 3.63) is 5.82 Å². The van der Waals surface area contributed by atoms with Gasteiger partial charge in [0.2, 0.25) is 0 Å². The van der Waals surface area contributed by atoms with Crippen LogP contribution in [0.2, 0.25) is 0 Å². The molecule has 2 atom stereocenters. The van der Waals surface area contributed by atoms with E-state index in [9.17, 15) is 0 Å². The standard InChI is InChI=1S/C9H17N5/c1-7-4-3-5-8(7)10-6-9-11-13-14(2)12-9/h7-8,10H,3-6H2,1-2H3. The molecular weight excluding hydrogens is 178 g/mol. The Morgan fingerprint density at radius 1 is 1.50 bits per heavy atom. The van der Waals surface area contributed by atoms with Crippen LogP contribution in [-0.2, 0) is 13.6 Å². The van der Waals surface area contributed by atoms with Gasteiger partial charge in [-0.25, -0.2) is 0 Å². The van der Waals surface area contributed by atoms with Crippen LogP contribution in [0, 0.1) is 5.92 Å². The van der Waals surface area contributed by atoms with E-state index in [-0.39, 0.29) is 0 Å². The van der Waals surface area contributed by atoms with Gasteiger partial charge >= 0.3 is 0 Å². The van der Waals surface area contributed by atoms with Crippen molar-refractivity contribution in [2.75, 3.05) is 0 Å². The zero-order valence-corrected chi connectivity index (χ0v) is 8.77. The summed E-state index contributed by atoms with van der Waals surface area (Å²) < 4.78 is 0. The first-order valence-electron chi connectivity index (χ1n) is 5.22. The summed E-state index contributed by atoms with van der Waals surface area (Å²) in [6.45, 7) is 3.04. The zero-order valence-electron chi connectivity index (χ0n) is 8.77. The number of hydrogen-bond donors (Lipinski definition) is 1. The fourth-order valence-electron chi connectivity index (χ4n) is 2.07. The number of nitrogens with zero attached hydrogens (tertiary/aromatic N) is 4. The number of rotatable bonds is 3. The van der Waals surface area contributed by atoms with Crippen LogP contribution in [0.4, 0.5) is 0 Å². The highest BCUT2D eigenvalue weighted by atomic mass is 15.6. The van der Waals surface area contributed by atoms with Gasteiger partial charge in [-0.3, -0.25) is 0 Å². The Balaban J connectivity index is 1.82. The average molecular weight is 195 g/mol. The van der Waals surface area contributed by atoms with Crippen LogP contribution in [0.3, 0.4) is 0 Å². The number of aromatic nitrogens is 4. The minimum Gasteiger partial charge on any atom is -0.307 e. The SMILES string of the molecule is CC1CCCC1NCc1nnn(C)n1. The van der Waals surface area contributed by atoms with E-state index >= 15 is 0 Å². The van der Waals surface area contributed by atoms with E-state index in [1.54, 1.807) is 7.05 Å². The fraction of sp³-hybridized carbons (Fsp3) is 0.889. The predicted octanol–water partition coefficient (Wildman–Crippen LogP) is 0.488. The topological polar surface area (TPSA) is 55.6 Å². The smallest absolute Gasteiger partial charge is 0.188 e. The molecule has 0 radical (unpaired) electrons. The molecule has 1 aromatic rings. The van der Waals surface area contributed by atoms with Gasteiger partial charge in [0, 0.05) is 6.04 Å². The lowest BCUT2D eigenvalue weighted by Crippen LogP contribution is -2.30. The molecule has 0 amide bonds. The van der Waals surface area contributed by atoms with E-state index in [1.807, 2.05) is 0 Å². The third-order valence-electron chi connectivity index (χ3n) is 2.93. The highest BCUT2D eigenvalue weighted by Crippen LogP contribution is 2.24. The van der Waals surface area contributed by atoms with Gasteiger partial charge in [0.25, 0.3) is 0 Å². The molecule has 1 saturated carbocycles. The van der Waals surface area contributed by atoms with E-state index in [0.717, 1.165) is 18.3 Å². The third kappa shape index (κ3) is 2.09. The second-order valence-corrected chi connectivity index (χ2v) is 4.09. The predicted molar refractivity (Wildman–Crippen MR) is 52.4 cm³/mol. The summed E-state index contributed by atoms with van der Waals surface area (Å²) in [6, 6.07) is 0.638. The first-order valence-corrected chi connectivity index (χ1v) is 5.22. The molecular formula is C9H17N5. The minimum atomic E-state index is 0.638. The molecule has 1 aromatic heterocycles. The second kappa shape index (κ2) is 4.04. The number of nitrogens with one attached hydrogen (secondary N) is 1. The van der Waals surface area contributed by atoms with Crippen LogP contribution in [0.25, 0.3) is 0 Å². The largest absolute Gasteiger partial charge is 0.307 e. The lowest BCUT2D eigenvalue weighted by atomic mass is 10.1. The Bertz CT molecular complexity index is 295. The van der Waals surface area contributed by atoms with Crippen molar-refractivity contribution in [2.24, 2.45) is 13.0 Å². The van der Waals surface area contributed by atoms with Crippen LogP contribution in [0.15, 0.2) is 0 Å². The summed E-state index contributed by atoms with van der Waals surface area (Å²) in [6.07, 6.45) is 3.96. The minimum absolute atomic E-state index is 0.638. The van der Waals surface area contributed by atoms with Gasteiger partial charge in [-0.15, -0.1) is 10.2 Å². The van der Waals surface area contributed by atoms with Crippen LogP contribution in [0.1, 0.15) is 32.0 Å². The van der Waals surface area contributed by atoms with E-state index in [4.69, 9.17) is 0 Å². The average Bonchev–Trinajstić information content (AvgIpc) is 2.72. The van der Waals surface area contributed by atoms with Crippen LogP contribution < -0.4 is 5.32 Å².